The molecule has 0 saturated carbocycles. The molecule has 0 spiro atoms. The van der Waals surface area contributed by atoms with E-state index in [1.807, 2.05) is 6.92 Å². The third-order valence-corrected chi connectivity index (χ3v) is 3.27. The molecule has 1 atom stereocenters. The van der Waals surface area contributed by atoms with E-state index in [4.69, 9.17) is 19.9 Å². The van der Waals surface area contributed by atoms with Crippen LogP contribution in [-0.2, 0) is 16.0 Å². The summed E-state index contributed by atoms with van der Waals surface area (Å²) >= 11 is 0. The average Bonchev–Trinajstić information content (AvgIpc) is 3.05. The molecule has 0 amide bonds. The summed E-state index contributed by atoms with van der Waals surface area (Å²) in [6.07, 6.45) is 2.19. The van der Waals surface area contributed by atoms with Gasteiger partial charge in [-0.15, -0.1) is 0 Å². The lowest BCUT2D eigenvalue weighted by atomic mass is 10.2. The summed E-state index contributed by atoms with van der Waals surface area (Å²) < 4.78 is 18.3. The molecule has 1 aliphatic rings. The fraction of sp³-hybridized carbons (Fsp3) is 0.643. The van der Waals surface area contributed by atoms with Crippen molar-refractivity contribution >= 4 is 5.69 Å². The molecule has 1 aliphatic heterocycles. The van der Waals surface area contributed by atoms with Gasteiger partial charge in [-0.1, -0.05) is 0 Å². The van der Waals surface area contributed by atoms with Crippen molar-refractivity contribution < 1.29 is 14.2 Å². The van der Waals surface area contributed by atoms with Gasteiger partial charge in [-0.3, -0.25) is 4.57 Å². The Labute approximate surface area is 119 Å². The molecule has 110 valence electrons. The molecule has 20 heavy (non-hydrogen) atoms. The van der Waals surface area contributed by atoms with Crippen LogP contribution in [0.1, 0.15) is 25.5 Å². The SMILES string of the molecule is CCOCCOc1c(N)cc(C#N)n1C[C@H]1CCCO1. The zero-order valence-electron chi connectivity index (χ0n) is 11.8. The highest BCUT2D eigenvalue weighted by Gasteiger charge is 2.21. The average molecular weight is 279 g/mol. The van der Waals surface area contributed by atoms with E-state index in [0.29, 0.717) is 43.6 Å². The maximum Gasteiger partial charge on any atom is 0.218 e. The van der Waals surface area contributed by atoms with Gasteiger partial charge in [-0.2, -0.15) is 5.26 Å². The Bertz CT molecular complexity index is 473. The number of rotatable bonds is 7. The summed E-state index contributed by atoms with van der Waals surface area (Å²) in [5.74, 6) is 0.539. The molecule has 0 aromatic carbocycles. The van der Waals surface area contributed by atoms with Gasteiger partial charge in [0, 0.05) is 19.3 Å². The number of nitrogens with zero attached hydrogens (tertiary/aromatic N) is 2. The van der Waals surface area contributed by atoms with Crippen LogP contribution in [0, 0.1) is 11.3 Å². The summed E-state index contributed by atoms with van der Waals surface area (Å²) in [5, 5.41) is 9.19. The lowest BCUT2D eigenvalue weighted by Crippen LogP contribution is -2.18. The number of nitrogen functional groups attached to an aromatic ring is 1. The van der Waals surface area contributed by atoms with E-state index in [1.54, 1.807) is 10.6 Å². The molecule has 1 aromatic rings. The van der Waals surface area contributed by atoms with Crippen LogP contribution in [0.25, 0.3) is 0 Å². The van der Waals surface area contributed by atoms with Crippen molar-refractivity contribution in [2.24, 2.45) is 0 Å². The van der Waals surface area contributed by atoms with Crippen LogP contribution in [0.5, 0.6) is 5.88 Å². The number of nitriles is 1. The Kier molecular flexibility index (Phi) is 5.27. The van der Waals surface area contributed by atoms with Gasteiger partial charge in [-0.25, -0.2) is 0 Å². The molecule has 2 heterocycles. The zero-order valence-corrected chi connectivity index (χ0v) is 11.8. The van der Waals surface area contributed by atoms with E-state index in [1.165, 1.54) is 0 Å². The van der Waals surface area contributed by atoms with Crippen molar-refractivity contribution in [3.63, 3.8) is 0 Å². The molecular weight excluding hydrogens is 258 g/mol. The molecule has 2 rings (SSSR count). The second-order valence-electron chi connectivity index (χ2n) is 4.69. The number of hydrogen-bond donors (Lipinski definition) is 1. The van der Waals surface area contributed by atoms with Crippen LogP contribution in [0.2, 0.25) is 0 Å². The Morgan fingerprint density at radius 1 is 1.55 bits per heavy atom. The van der Waals surface area contributed by atoms with Gasteiger partial charge in [0.05, 0.1) is 24.9 Å². The molecule has 0 unspecified atom stereocenters. The van der Waals surface area contributed by atoms with Crippen LogP contribution in [0.3, 0.4) is 0 Å². The third kappa shape index (κ3) is 3.44. The number of anilines is 1. The molecule has 2 N–H and O–H groups in total. The second kappa shape index (κ2) is 7.17. The molecule has 0 aliphatic carbocycles. The molecule has 6 heteroatoms. The Morgan fingerprint density at radius 3 is 3.05 bits per heavy atom. The van der Waals surface area contributed by atoms with Crippen molar-refractivity contribution in [1.29, 1.82) is 5.26 Å². The van der Waals surface area contributed by atoms with Crippen molar-refractivity contribution in [3.8, 4) is 11.9 Å². The zero-order chi connectivity index (χ0) is 14.4. The topological polar surface area (TPSA) is 82.4 Å². The molecule has 1 saturated heterocycles. The number of ether oxygens (including phenoxy) is 3. The Balaban J connectivity index is 2.07. The fourth-order valence-electron chi connectivity index (χ4n) is 2.32. The molecule has 6 nitrogen and oxygen atoms in total. The van der Waals surface area contributed by atoms with Crippen molar-refractivity contribution in [3.05, 3.63) is 11.8 Å². The molecule has 0 radical (unpaired) electrons. The molecule has 0 bridgehead atoms. The van der Waals surface area contributed by atoms with Crippen LogP contribution in [0.15, 0.2) is 6.07 Å². The van der Waals surface area contributed by atoms with Crippen LogP contribution in [0.4, 0.5) is 5.69 Å². The van der Waals surface area contributed by atoms with Crippen LogP contribution >= 0.6 is 0 Å². The first kappa shape index (κ1) is 14.7. The lowest BCUT2D eigenvalue weighted by Gasteiger charge is -2.16. The van der Waals surface area contributed by atoms with Gasteiger partial charge in [-0.05, 0) is 19.8 Å². The minimum atomic E-state index is 0.128. The minimum absolute atomic E-state index is 0.128. The first-order valence-electron chi connectivity index (χ1n) is 6.97. The second-order valence-corrected chi connectivity index (χ2v) is 4.69. The monoisotopic (exact) mass is 279 g/mol. The predicted octanol–water partition coefficient (Wildman–Crippen LogP) is 1.54. The maximum absolute atomic E-state index is 9.19. The highest BCUT2D eigenvalue weighted by molar-refractivity contribution is 5.55. The molecule has 1 fully saturated rings. The van der Waals surface area contributed by atoms with E-state index < -0.39 is 0 Å². The van der Waals surface area contributed by atoms with Crippen molar-refractivity contribution in [2.45, 2.75) is 32.4 Å². The smallest absolute Gasteiger partial charge is 0.218 e. The fourth-order valence-corrected chi connectivity index (χ4v) is 2.32. The van der Waals surface area contributed by atoms with E-state index >= 15 is 0 Å². The maximum atomic E-state index is 9.19. The normalized spacial score (nSPS) is 18.1. The quantitative estimate of drug-likeness (QED) is 0.765. The number of nitrogens with two attached hydrogens (primary N) is 1. The minimum Gasteiger partial charge on any atom is -0.475 e. The van der Waals surface area contributed by atoms with Crippen molar-refractivity contribution in [2.75, 3.05) is 32.2 Å². The first-order valence-corrected chi connectivity index (χ1v) is 6.97. The van der Waals surface area contributed by atoms with Crippen LogP contribution < -0.4 is 10.5 Å². The summed E-state index contributed by atoms with van der Waals surface area (Å²) in [5.41, 5.74) is 6.91. The number of hydrogen-bond acceptors (Lipinski definition) is 5. The largest absolute Gasteiger partial charge is 0.475 e. The predicted molar refractivity (Wildman–Crippen MR) is 74.5 cm³/mol. The Hall–Kier alpha value is -1.71. The van der Waals surface area contributed by atoms with E-state index in [-0.39, 0.29) is 6.10 Å². The molecule has 1 aromatic heterocycles. The highest BCUT2D eigenvalue weighted by atomic mass is 16.5. The van der Waals surface area contributed by atoms with E-state index in [9.17, 15) is 5.26 Å². The highest BCUT2D eigenvalue weighted by Crippen LogP contribution is 2.28. The first-order chi connectivity index (χ1) is 9.76. The summed E-state index contributed by atoms with van der Waals surface area (Å²) in [4.78, 5) is 0. The Morgan fingerprint density at radius 2 is 2.40 bits per heavy atom. The van der Waals surface area contributed by atoms with E-state index in [0.717, 1.165) is 19.4 Å². The van der Waals surface area contributed by atoms with Gasteiger partial charge < -0.3 is 19.9 Å². The van der Waals surface area contributed by atoms with Gasteiger partial charge in [0.25, 0.3) is 0 Å². The van der Waals surface area contributed by atoms with Crippen LogP contribution in [-0.4, -0.2) is 37.1 Å². The third-order valence-electron chi connectivity index (χ3n) is 3.27. The number of aromatic nitrogens is 1. The van der Waals surface area contributed by atoms with Gasteiger partial charge in [0.2, 0.25) is 5.88 Å². The standard InChI is InChI=1S/C14H21N3O3/c1-2-18-6-7-20-14-13(16)8-11(9-15)17(14)10-12-4-3-5-19-12/h8,12H,2-7,10,16H2,1H3/t12-/m1/s1. The summed E-state index contributed by atoms with van der Waals surface area (Å²) in [6, 6.07) is 3.79. The van der Waals surface area contributed by atoms with E-state index in [2.05, 4.69) is 6.07 Å². The van der Waals surface area contributed by atoms with Crippen molar-refractivity contribution in [1.82, 2.24) is 4.57 Å². The summed E-state index contributed by atoms with van der Waals surface area (Å²) in [6.45, 7) is 4.89. The van der Waals surface area contributed by atoms with Gasteiger partial charge >= 0.3 is 0 Å². The lowest BCUT2D eigenvalue weighted by molar-refractivity contribution is 0.0879. The molecular formula is C14H21N3O3. The van der Waals surface area contributed by atoms with Gasteiger partial charge in [0.1, 0.15) is 18.4 Å². The van der Waals surface area contributed by atoms with Gasteiger partial charge in [0.15, 0.2) is 0 Å². The summed E-state index contributed by atoms with van der Waals surface area (Å²) in [7, 11) is 0.